The van der Waals surface area contributed by atoms with Gasteiger partial charge in [-0.25, -0.2) is 4.90 Å². The summed E-state index contributed by atoms with van der Waals surface area (Å²) in [5, 5.41) is 0. The number of nitrogens with zero attached hydrogens (tertiary/aromatic N) is 1. The molecule has 0 spiro atoms. The number of ketones is 1. The van der Waals surface area contributed by atoms with Crippen LogP contribution in [0.4, 0.5) is 5.69 Å². The molecule has 1 unspecified atom stereocenters. The molecule has 30 heavy (non-hydrogen) atoms. The Kier molecular flexibility index (Phi) is 4.40. The van der Waals surface area contributed by atoms with Crippen LogP contribution in [0.25, 0.3) is 0 Å². The van der Waals surface area contributed by atoms with Crippen molar-refractivity contribution in [3.63, 3.8) is 0 Å². The third kappa shape index (κ3) is 2.68. The van der Waals surface area contributed by atoms with Crippen LogP contribution < -0.4 is 9.80 Å². The van der Waals surface area contributed by atoms with E-state index in [2.05, 4.69) is 0 Å². The van der Waals surface area contributed by atoms with Crippen molar-refractivity contribution in [2.45, 2.75) is 45.7 Å². The molecule has 0 aliphatic carbocycles. The number of imide groups is 1. The standard InChI is InChI=1S/C25H26N2O3/c1-14-6-9-17(10-7-14)23(28)22-21-20(19-5-4-12-26(19)22)24(29)27(25(21)30)18-11-8-15(2)13-16(18)3/h6-11,13,19-22H,4-5,12H2,1-3H3/p+1/t19-,20-,21-,22+/m1/s1. The molecule has 2 amide bonds. The summed E-state index contributed by atoms with van der Waals surface area (Å²) < 4.78 is 0. The molecule has 1 N–H and O–H groups in total. The number of fused-ring (bicyclic) bond motifs is 3. The molecule has 5 atom stereocenters. The maximum absolute atomic E-state index is 13.6. The number of carbonyl (C=O) groups is 3. The molecule has 5 nitrogen and oxygen atoms in total. The van der Waals surface area contributed by atoms with Gasteiger partial charge in [0.15, 0.2) is 6.04 Å². The summed E-state index contributed by atoms with van der Waals surface area (Å²) in [6.45, 7) is 6.76. The van der Waals surface area contributed by atoms with E-state index >= 15 is 0 Å². The molecule has 0 radical (unpaired) electrons. The van der Waals surface area contributed by atoms with Crippen LogP contribution in [0.3, 0.4) is 0 Å². The van der Waals surface area contributed by atoms with Gasteiger partial charge in [-0.05, 0) is 32.4 Å². The van der Waals surface area contributed by atoms with Crippen molar-refractivity contribution in [2.75, 3.05) is 11.4 Å². The second-order valence-corrected chi connectivity index (χ2v) is 9.13. The second-order valence-electron chi connectivity index (χ2n) is 9.13. The molecule has 154 valence electrons. The fourth-order valence-corrected chi connectivity index (χ4v) is 5.93. The van der Waals surface area contributed by atoms with Gasteiger partial charge in [-0.1, -0.05) is 47.5 Å². The number of aryl methyl sites for hydroxylation is 3. The summed E-state index contributed by atoms with van der Waals surface area (Å²) in [5.74, 6) is -1.29. The first-order chi connectivity index (χ1) is 14.4. The molecule has 3 heterocycles. The summed E-state index contributed by atoms with van der Waals surface area (Å²) in [5.41, 5.74) is 4.39. The Morgan fingerprint density at radius 1 is 0.933 bits per heavy atom. The number of nitrogens with one attached hydrogen (secondary N) is 1. The van der Waals surface area contributed by atoms with Gasteiger partial charge in [0, 0.05) is 18.4 Å². The number of anilines is 1. The van der Waals surface area contributed by atoms with E-state index in [4.69, 9.17) is 0 Å². The maximum atomic E-state index is 13.6. The predicted molar refractivity (Wildman–Crippen MR) is 114 cm³/mol. The van der Waals surface area contributed by atoms with Crippen molar-refractivity contribution in [1.82, 2.24) is 0 Å². The van der Waals surface area contributed by atoms with Crippen LogP contribution in [0.5, 0.6) is 0 Å². The molecule has 3 aliphatic heterocycles. The number of hydrogen-bond acceptors (Lipinski definition) is 3. The van der Waals surface area contributed by atoms with E-state index < -0.39 is 17.9 Å². The highest BCUT2D eigenvalue weighted by Gasteiger charge is 2.68. The quantitative estimate of drug-likeness (QED) is 0.630. The van der Waals surface area contributed by atoms with Crippen molar-refractivity contribution in [3.05, 3.63) is 64.7 Å². The van der Waals surface area contributed by atoms with Gasteiger partial charge in [0.2, 0.25) is 17.6 Å². The Labute approximate surface area is 176 Å². The highest BCUT2D eigenvalue weighted by atomic mass is 16.2. The number of amides is 2. The molecule has 3 aliphatic rings. The second kappa shape index (κ2) is 6.88. The summed E-state index contributed by atoms with van der Waals surface area (Å²) in [7, 11) is 0. The Hall–Kier alpha value is -2.79. The Morgan fingerprint density at radius 3 is 2.30 bits per heavy atom. The minimum Gasteiger partial charge on any atom is -0.322 e. The van der Waals surface area contributed by atoms with Crippen LogP contribution in [0.1, 0.15) is 39.9 Å². The summed E-state index contributed by atoms with van der Waals surface area (Å²) in [6.07, 6.45) is 1.89. The number of Topliss-reactive ketones (excluding diaryl/α,β-unsaturated/α-hetero) is 1. The lowest BCUT2D eigenvalue weighted by Crippen LogP contribution is -3.16. The van der Waals surface area contributed by atoms with Crippen LogP contribution in [0, 0.1) is 32.6 Å². The highest BCUT2D eigenvalue weighted by Crippen LogP contribution is 2.41. The van der Waals surface area contributed by atoms with E-state index in [1.165, 1.54) is 4.90 Å². The smallest absolute Gasteiger partial charge is 0.244 e. The Morgan fingerprint density at radius 2 is 1.60 bits per heavy atom. The van der Waals surface area contributed by atoms with Crippen molar-refractivity contribution in [3.8, 4) is 0 Å². The van der Waals surface area contributed by atoms with Gasteiger partial charge in [0.25, 0.3) is 0 Å². The van der Waals surface area contributed by atoms with Crippen LogP contribution >= 0.6 is 0 Å². The summed E-state index contributed by atoms with van der Waals surface area (Å²) in [6, 6.07) is 12.9. The number of benzene rings is 2. The molecule has 5 rings (SSSR count). The fraction of sp³-hybridized carbons (Fsp3) is 0.400. The van der Waals surface area contributed by atoms with E-state index in [1.807, 2.05) is 63.2 Å². The first-order valence-corrected chi connectivity index (χ1v) is 10.8. The SMILES string of the molecule is Cc1ccc(C(=O)[C@@H]2[C@@H]3C(=O)N(c4ccc(C)cc4C)C(=O)[C@@H]3[C@H]3CCC[NH+]32)cc1. The van der Waals surface area contributed by atoms with E-state index in [1.54, 1.807) is 0 Å². The number of quaternary nitrogens is 1. The number of hydrogen-bond donors (Lipinski definition) is 1. The van der Waals surface area contributed by atoms with Gasteiger partial charge in [-0.15, -0.1) is 0 Å². The molecule has 2 aromatic rings. The van der Waals surface area contributed by atoms with Crippen molar-refractivity contribution in [2.24, 2.45) is 11.8 Å². The van der Waals surface area contributed by atoms with Gasteiger partial charge in [-0.2, -0.15) is 0 Å². The summed E-state index contributed by atoms with van der Waals surface area (Å²) >= 11 is 0. The largest absolute Gasteiger partial charge is 0.322 e. The highest BCUT2D eigenvalue weighted by molar-refractivity contribution is 6.24. The zero-order chi connectivity index (χ0) is 21.2. The zero-order valence-electron chi connectivity index (χ0n) is 17.6. The Balaban J connectivity index is 1.56. The zero-order valence-corrected chi connectivity index (χ0v) is 17.6. The van der Waals surface area contributed by atoms with E-state index in [9.17, 15) is 14.4 Å². The third-order valence-electron chi connectivity index (χ3n) is 7.26. The van der Waals surface area contributed by atoms with E-state index in [0.29, 0.717) is 11.3 Å². The van der Waals surface area contributed by atoms with Crippen molar-refractivity contribution >= 4 is 23.3 Å². The lowest BCUT2D eigenvalue weighted by Gasteiger charge is -2.26. The Bertz CT molecular complexity index is 1060. The van der Waals surface area contributed by atoms with Gasteiger partial charge in [0.1, 0.15) is 17.9 Å². The minimum atomic E-state index is -0.563. The predicted octanol–water partition coefficient (Wildman–Crippen LogP) is 2.03. The molecule has 3 fully saturated rings. The maximum Gasteiger partial charge on any atom is 0.244 e. The van der Waals surface area contributed by atoms with E-state index in [0.717, 1.165) is 41.0 Å². The van der Waals surface area contributed by atoms with Crippen molar-refractivity contribution in [1.29, 1.82) is 0 Å². The molecular weight excluding hydrogens is 376 g/mol. The van der Waals surface area contributed by atoms with Crippen LogP contribution in [0.15, 0.2) is 42.5 Å². The van der Waals surface area contributed by atoms with Gasteiger partial charge >= 0.3 is 0 Å². The molecule has 2 aromatic carbocycles. The average Bonchev–Trinajstić information content (AvgIpc) is 3.35. The lowest BCUT2D eigenvalue weighted by atomic mass is 9.85. The molecule has 0 bridgehead atoms. The first kappa shape index (κ1) is 19.2. The molecule has 3 saturated heterocycles. The van der Waals surface area contributed by atoms with Crippen LogP contribution in [0.2, 0.25) is 0 Å². The number of carbonyl (C=O) groups excluding carboxylic acids is 3. The lowest BCUT2D eigenvalue weighted by molar-refractivity contribution is -0.915. The van der Waals surface area contributed by atoms with E-state index in [-0.39, 0.29) is 23.6 Å². The minimum absolute atomic E-state index is 0.00646. The molecule has 5 heteroatoms. The molecular formula is C25H27N2O3+. The monoisotopic (exact) mass is 403 g/mol. The van der Waals surface area contributed by atoms with Gasteiger partial charge in [0.05, 0.1) is 12.2 Å². The molecule has 0 aromatic heterocycles. The van der Waals surface area contributed by atoms with Crippen LogP contribution in [-0.4, -0.2) is 36.2 Å². The third-order valence-corrected chi connectivity index (χ3v) is 7.26. The average molecular weight is 404 g/mol. The molecule has 0 saturated carbocycles. The topological polar surface area (TPSA) is 58.9 Å². The van der Waals surface area contributed by atoms with Crippen LogP contribution in [-0.2, 0) is 9.59 Å². The van der Waals surface area contributed by atoms with Gasteiger partial charge < -0.3 is 4.90 Å². The summed E-state index contributed by atoms with van der Waals surface area (Å²) in [4.78, 5) is 43.2. The van der Waals surface area contributed by atoms with Gasteiger partial charge in [-0.3, -0.25) is 14.4 Å². The fourth-order valence-electron chi connectivity index (χ4n) is 5.93. The normalized spacial score (nSPS) is 30.0. The van der Waals surface area contributed by atoms with Crippen molar-refractivity contribution < 1.29 is 19.3 Å². The number of rotatable bonds is 3. The first-order valence-electron chi connectivity index (χ1n) is 10.8.